The lowest BCUT2D eigenvalue weighted by Gasteiger charge is -2.02. The predicted molar refractivity (Wildman–Crippen MR) is 63.1 cm³/mol. The van der Waals surface area contributed by atoms with Crippen LogP contribution in [0.25, 0.3) is 0 Å². The van der Waals surface area contributed by atoms with E-state index in [0.29, 0.717) is 12.2 Å². The van der Waals surface area contributed by atoms with Crippen molar-refractivity contribution in [2.24, 2.45) is 0 Å². The van der Waals surface area contributed by atoms with Crippen molar-refractivity contribution in [1.82, 2.24) is 9.97 Å². The zero-order valence-corrected chi connectivity index (χ0v) is 9.58. The standard InChI is InChI=1S/C11H10N4S/c1-8-5-15-11(16-8)7-14-10-3-2-9(4-12)13-6-10/h2-3,5-6,14H,7H2,1H3. The van der Waals surface area contributed by atoms with E-state index in [4.69, 9.17) is 5.26 Å². The van der Waals surface area contributed by atoms with Gasteiger partial charge in [-0.2, -0.15) is 5.26 Å². The smallest absolute Gasteiger partial charge is 0.140 e. The third-order valence-electron chi connectivity index (χ3n) is 1.99. The van der Waals surface area contributed by atoms with E-state index in [1.807, 2.05) is 25.3 Å². The molecule has 0 spiro atoms. The van der Waals surface area contributed by atoms with Crippen LogP contribution in [0, 0.1) is 18.3 Å². The summed E-state index contributed by atoms with van der Waals surface area (Å²) < 4.78 is 0. The minimum atomic E-state index is 0.427. The largest absolute Gasteiger partial charge is 0.377 e. The molecule has 0 aliphatic carbocycles. The van der Waals surface area contributed by atoms with Gasteiger partial charge in [0.2, 0.25) is 0 Å². The van der Waals surface area contributed by atoms with Gasteiger partial charge in [-0.15, -0.1) is 11.3 Å². The van der Waals surface area contributed by atoms with E-state index >= 15 is 0 Å². The summed E-state index contributed by atoms with van der Waals surface area (Å²) in [5, 5.41) is 12.8. The van der Waals surface area contributed by atoms with E-state index in [0.717, 1.165) is 10.7 Å². The van der Waals surface area contributed by atoms with Gasteiger partial charge in [-0.1, -0.05) is 0 Å². The second-order valence-electron chi connectivity index (χ2n) is 3.26. The van der Waals surface area contributed by atoms with Crippen LogP contribution in [-0.2, 0) is 6.54 Å². The van der Waals surface area contributed by atoms with Crippen LogP contribution in [0.5, 0.6) is 0 Å². The highest BCUT2D eigenvalue weighted by atomic mass is 32.1. The molecule has 2 rings (SSSR count). The Kier molecular flexibility index (Phi) is 3.13. The van der Waals surface area contributed by atoms with Gasteiger partial charge in [0.15, 0.2) is 0 Å². The van der Waals surface area contributed by atoms with Gasteiger partial charge >= 0.3 is 0 Å². The predicted octanol–water partition coefficient (Wildman–Crippen LogP) is 2.33. The van der Waals surface area contributed by atoms with Crippen LogP contribution in [0.4, 0.5) is 5.69 Å². The molecule has 16 heavy (non-hydrogen) atoms. The first-order chi connectivity index (χ1) is 7.78. The van der Waals surface area contributed by atoms with Gasteiger partial charge in [0.05, 0.1) is 18.4 Å². The minimum absolute atomic E-state index is 0.427. The number of aromatic nitrogens is 2. The fourth-order valence-electron chi connectivity index (χ4n) is 1.23. The molecule has 5 heteroatoms. The maximum atomic E-state index is 8.60. The highest BCUT2D eigenvalue weighted by molar-refractivity contribution is 7.11. The summed E-state index contributed by atoms with van der Waals surface area (Å²) in [6.45, 7) is 2.72. The van der Waals surface area contributed by atoms with Crippen LogP contribution in [0.15, 0.2) is 24.5 Å². The summed E-state index contributed by atoms with van der Waals surface area (Å²) in [5.41, 5.74) is 1.32. The Morgan fingerprint density at radius 2 is 2.25 bits per heavy atom. The number of thiazole rings is 1. The second kappa shape index (κ2) is 4.73. The van der Waals surface area contributed by atoms with Gasteiger partial charge < -0.3 is 5.32 Å². The van der Waals surface area contributed by atoms with Crippen LogP contribution in [0.1, 0.15) is 15.6 Å². The second-order valence-corrected chi connectivity index (χ2v) is 4.58. The molecule has 2 heterocycles. The molecule has 0 aliphatic rings. The molecule has 0 fully saturated rings. The van der Waals surface area contributed by atoms with Gasteiger partial charge in [0, 0.05) is 11.1 Å². The van der Waals surface area contributed by atoms with Gasteiger partial charge in [-0.25, -0.2) is 9.97 Å². The number of pyridine rings is 1. The highest BCUT2D eigenvalue weighted by Gasteiger charge is 1.99. The van der Waals surface area contributed by atoms with E-state index in [2.05, 4.69) is 15.3 Å². The van der Waals surface area contributed by atoms with E-state index in [1.54, 1.807) is 23.6 Å². The average Bonchev–Trinajstić information content (AvgIpc) is 2.73. The van der Waals surface area contributed by atoms with Crippen molar-refractivity contribution in [3.63, 3.8) is 0 Å². The summed E-state index contributed by atoms with van der Waals surface area (Å²) in [6, 6.07) is 5.51. The van der Waals surface area contributed by atoms with Crippen molar-refractivity contribution in [3.05, 3.63) is 40.1 Å². The number of rotatable bonds is 3. The molecule has 0 radical (unpaired) electrons. The van der Waals surface area contributed by atoms with Crippen LogP contribution in [0.3, 0.4) is 0 Å². The fraction of sp³-hybridized carbons (Fsp3) is 0.182. The van der Waals surface area contributed by atoms with Crippen LogP contribution in [0.2, 0.25) is 0 Å². The lowest BCUT2D eigenvalue weighted by atomic mass is 10.3. The lowest BCUT2D eigenvalue weighted by molar-refractivity contribution is 1.09. The fourth-order valence-corrected chi connectivity index (χ4v) is 1.95. The van der Waals surface area contributed by atoms with E-state index < -0.39 is 0 Å². The lowest BCUT2D eigenvalue weighted by Crippen LogP contribution is -1.99. The Morgan fingerprint density at radius 1 is 1.38 bits per heavy atom. The first kappa shape index (κ1) is 10.6. The number of nitrogens with one attached hydrogen (secondary N) is 1. The normalized spacial score (nSPS) is 9.75. The van der Waals surface area contributed by atoms with Crippen molar-refractivity contribution < 1.29 is 0 Å². The first-order valence-electron chi connectivity index (χ1n) is 4.79. The van der Waals surface area contributed by atoms with Gasteiger partial charge in [-0.3, -0.25) is 0 Å². The molecule has 2 aromatic rings. The van der Waals surface area contributed by atoms with Crippen molar-refractivity contribution >= 4 is 17.0 Å². The summed E-state index contributed by atoms with van der Waals surface area (Å²) in [4.78, 5) is 9.43. The molecule has 0 amide bonds. The molecule has 1 N–H and O–H groups in total. The molecule has 0 unspecified atom stereocenters. The van der Waals surface area contributed by atoms with Crippen molar-refractivity contribution in [1.29, 1.82) is 5.26 Å². The topological polar surface area (TPSA) is 61.6 Å². The molecule has 0 saturated carbocycles. The summed E-state index contributed by atoms with van der Waals surface area (Å²) in [7, 11) is 0. The van der Waals surface area contributed by atoms with Gasteiger partial charge in [-0.05, 0) is 19.1 Å². The number of anilines is 1. The zero-order valence-electron chi connectivity index (χ0n) is 8.77. The Morgan fingerprint density at radius 3 is 2.81 bits per heavy atom. The third-order valence-corrected chi connectivity index (χ3v) is 2.90. The van der Waals surface area contributed by atoms with Crippen molar-refractivity contribution in [3.8, 4) is 6.07 Å². The maximum Gasteiger partial charge on any atom is 0.140 e. The van der Waals surface area contributed by atoms with Gasteiger partial charge in [0.1, 0.15) is 16.8 Å². The van der Waals surface area contributed by atoms with E-state index in [-0.39, 0.29) is 0 Å². The SMILES string of the molecule is Cc1cnc(CNc2ccc(C#N)nc2)s1. The van der Waals surface area contributed by atoms with Crippen LogP contribution in [-0.4, -0.2) is 9.97 Å². The molecule has 0 atom stereocenters. The number of hydrogen-bond donors (Lipinski definition) is 1. The summed E-state index contributed by atoms with van der Waals surface area (Å²) in [5.74, 6) is 0. The number of hydrogen-bond acceptors (Lipinski definition) is 5. The average molecular weight is 230 g/mol. The van der Waals surface area contributed by atoms with E-state index in [1.165, 1.54) is 4.88 Å². The first-order valence-corrected chi connectivity index (χ1v) is 5.61. The Labute approximate surface area is 97.6 Å². The molecule has 0 bridgehead atoms. The Bertz CT molecular complexity index is 510. The maximum absolute atomic E-state index is 8.60. The van der Waals surface area contributed by atoms with Gasteiger partial charge in [0.25, 0.3) is 0 Å². The molecular formula is C11H10N4S. The molecule has 2 aromatic heterocycles. The van der Waals surface area contributed by atoms with Crippen molar-refractivity contribution in [2.45, 2.75) is 13.5 Å². The molecule has 80 valence electrons. The monoisotopic (exact) mass is 230 g/mol. The van der Waals surface area contributed by atoms with Crippen LogP contribution < -0.4 is 5.32 Å². The molecule has 0 aliphatic heterocycles. The molecule has 4 nitrogen and oxygen atoms in total. The number of aryl methyl sites for hydroxylation is 1. The minimum Gasteiger partial charge on any atom is -0.377 e. The van der Waals surface area contributed by atoms with Crippen LogP contribution >= 0.6 is 11.3 Å². The summed E-state index contributed by atoms with van der Waals surface area (Å²) >= 11 is 1.67. The molecule has 0 saturated heterocycles. The zero-order chi connectivity index (χ0) is 11.4. The Hall–Kier alpha value is -1.93. The quantitative estimate of drug-likeness (QED) is 0.879. The highest BCUT2D eigenvalue weighted by Crippen LogP contribution is 2.13. The Balaban J connectivity index is 1.97. The third kappa shape index (κ3) is 2.55. The molecular weight excluding hydrogens is 220 g/mol. The summed E-state index contributed by atoms with van der Waals surface area (Å²) in [6.07, 6.45) is 3.51. The van der Waals surface area contributed by atoms with E-state index in [9.17, 15) is 0 Å². The molecule has 0 aromatic carbocycles. The number of nitriles is 1. The number of nitrogens with zero attached hydrogens (tertiary/aromatic N) is 3. The van der Waals surface area contributed by atoms with Crippen molar-refractivity contribution in [2.75, 3.05) is 5.32 Å².